The van der Waals surface area contributed by atoms with Crippen LogP contribution in [0.4, 0.5) is 0 Å². The molecule has 3 nitrogen and oxygen atoms in total. The van der Waals surface area contributed by atoms with Gasteiger partial charge in [0.05, 0.1) is 11.3 Å². The Kier molecular flexibility index (Phi) is 3.35. The van der Waals surface area contributed by atoms with Crippen molar-refractivity contribution in [3.8, 4) is 11.8 Å². The van der Waals surface area contributed by atoms with Crippen molar-refractivity contribution in [3.63, 3.8) is 0 Å². The Morgan fingerprint density at radius 2 is 1.84 bits per heavy atom. The van der Waals surface area contributed by atoms with E-state index in [0.717, 1.165) is 17.8 Å². The molecule has 1 fully saturated rings. The van der Waals surface area contributed by atoms with Crippen LogP contribution in [0.2, 0.25) is 0 Å². The van der Waals surface area contributed by atoms with Crippen LogP contribution in [0.3, 0.4) is 0 Å². The predicted octanol–water partition coefficient (Wildman–Crippen LogP) is 2.94. The molecule has 0 atom stereocenters. The van der Waals surface area contributed by atoms with Crippen LogP contribution in [0, 0.1) is 11.3 Å². The smallest absolute Gasteiger partial charge is 0.101 e. The molecule has 2 aromatic rings. The van der Waals surface area contributed by atoms with Crippen molar-refractivity contribution in [1.82, 2.24) is 9.47 Å². The van der Waals surface area contributed by atoms with Crippen molar-refractivity contribution in [2.24, 2.45) is 0 Å². The topological polar surface area (TPSA) is 32.0 Å². The first-order chi connectivity index (χ1) is 9.38. The minimum Gasteiger partial charge on any atom is -0.318 e. The zero-order valence-electron chi connectivity index (χ0n) is 10.9. The molecule has 0 N–H and O–H groups in total. The van der Waals surface area contributed by atoms with Gasteiger partial charge in [-0.1, -0.05) is 12.1 Å². The number of likely N-dealkylation sites (tertiary alicyclic amines) is 1. The van der Waals surface area contributed by atoms with Gasteiger partial charge in [-0.2, -0.15) is 5.26 Å². The minimum absolute atomic E-state index is 0.723. The molecule has 1 aromatic heterocycles. The van der Waals surface area contributed by atoms with Crippen molar-refractivity contribution < 1.29 is 0 Å². The SMILES string of the molecule is N#Cc1ccccc1-n1cccc1CN1CCCC1. The van der Waals surface area contributed by atoms with Gasteiger partial charge in [-0.3, -0.25) is 4.90 Å². The summed E-state index contributed by atoms with van der Waals surface area (Å²) in [6, 6.07) is 14.2. The molecule has 3 heteroatoms. The van der Waals surface area contributed by atoms with Gasteiger partial charge in [0.1, 0.15) is 6.07 Å². The van der Waals surface area contributed by atoms with Crippen LogP contribution >= 0.6 is 0 Å². The number of nitriles is 1. The number of para-hydroxylation sites is 1. The van der Waals surface area contributed by atoms with Gasteiger partial charge in [0, 0.05) is 18.4 Å². The fourth-order valence-corrected chi connectivity index (χ4v) is 2.73. The second kappa shape index (κ2) is 5.29. The Bertz CT molecular complexity index is 600. The van der Waals surface area contributed by atoms with Crippen LogP contribution in [0.5, 0.6) is 0 Å². The minimum atomic E-state index is 0.723. The molecule has 0 spiro atoms. The number of hydrogen-bond acceptors (Lipinski definition) is 2. The first-order valence-corrected chi connectivity index (χ1v) is 6.76. The first-order valence-electron chi connectivity index (χ1n) is 6.76. The molecule has 0 bridgehead atoms. The third-order valence-electron chi connectivity index (χ3n) is 3.70. The Hall–Kier alpha value is -2.05. The molecule has 1 aliphatic rings. The van der Waals surface area contributed by atoms with Crippen molar-refractivity contribution in [2.75, 3.05) is 13.1 Å². The summed E-state index contributed by atoms with van der Waals surface area (Å²) < 4.78 is 2.14. The summed E-state index contributed by atoms with van der Waals surface area (Å²) in [6.45, 7) is 3.34. The second-order valence-corrected chi connectivity index (χ2v) is 4.98. The Labute approximate surface area is 113 Å². The highest BCUT2D eigenvalue weighted by Gasteiger charge is 2.14. The fourth-order valence-electron chi connectivity index (χ4n) is 2.73. The molecule has 0 radical (unpaired) electrons. The quantitative estimate of drug-likeness (QED) is 0.840. The number of hydrogen-bond donors (Lipinski definition) is 0. The summed E-state index contributed by atoms with van der Waals surface area (Å²) in [5.74, 6) is 0. The van der Waals surface area contributed by atoms with Crippen LogP contribution in [-0.4, -0.2) is 22.6 Å². The largest absolute Gasteiger partial charge is 0.318 e. The number of nitrogens with zero attached hydrogens (tertiary/aromatic N) is 3. The van der Waals surface area contributed by atoms with Crippen LogP contribution in [0.25, 0.3) is 5.69 Å². The third-order valence-corrected chi connectivity index (χ3v) is 3.70. The summed E-state index contributed by atoms with van der Waals surface area (Å²) in [6.07, 6.45) is 4.65. The fraction of sp³-hybridized carbons (Fsp3) is 0.312. The number of benzene rings is 1. The van der Waals surface area contributed by atoms with Gasteiger partial charge in [-0.05, 0) is 50.2 Å². The van der Waals surface area contributed by atoms with E-state index in [1.165, 1.54) is 31.6 Å². The van der Waals surface area contributed by atoms with Gasteiger partial charge in [-0.15, -0.1) is 0 Å². The van der Waals surface area contributed by atoms with Crippen molar-refractivity contribution in [2.45, 2.75) is 19.4 Å². The van der Waals surface area contributed by atoms with E-state index in [4.69, 9.17) is 0 Å². The molecule has 19 heavy (non-hydrogen) atoms. The zero-order chi connectivity index (χ0) is 13.1. The molecular weight excluding hydrogens is 234 g/mol. The molecule has 0 aliphatic carbocycles. The summed E-state index contributed by atoms with van der Waals surface area (Å²) in [4.78, 5) is 2.47. The molecule has 2 heterocycles. The molecule has 1 aromatic carbocycles. The van der Waals surface area contributed by atoms with Crippen LogP contribution < -0.4 is 0 Å². The summed E-state index contributed by atoms with van der Waals surface area (Å²) in [5, 5.41) is 9.22. The second-order valence-electron chi connectivity index (χ2n) is 4.98. The van der Waals surface area contributed by atoms with Gasteiger partial charge in [-0.25, -0.2) is 0 Å². The predicted molar refractivity (Wildman–Crippen MR) is 75.0 cm³/mol. The molecule has 1 aliphatic heterocycles. The molecule has 0 unspecified atom stereocenters. The Morgan fingerprint density at radius 1 is 1.05 bits per heavy atom. The van der Waals surface area contributed by atoms with Gasteiger partial charge in [0.25, 0.3) is 0 Å². The summed E-state index contributed by atoms with van der Waals surface area (Å²) in [5.41, 5.74) is 2.95. The number of rotatable bonds is 3. The average Bonchev–Trinajstić information content (AvgIpc) is 3.11. The van der Waals surface area contributed by atoms with E-state index in [-0.39, 0.29) is 0 Å². The molecule has 0 saturated carbocycles. The highest BCUT2D eigenvalue weighted by Crippen LogP contribution is 2.19. The molecule has 0 amide bonds. The number of aromatic nitrogens is 1. The maximum atomic E-state index is 9.22. The van der Waals surface area contributed by atoms with Gasteiger partial charge in [0.15, 0.2) is 0 Å². The van der Waals surface area contributed by atoms with E-state index in [1.807, 2.05) is 30.5 Å². The maximum absolute atomic E-state index is 9.22. The van der Waals surface area contributed by atoms with E-state index >= 15 is 0 Å². The van der Waals surface area contributed by atoms with Crippen LogP contribution in [0.15, 0.2) is 42.6 Å². The summed E-state index contributed by atoms with van der Waals surface area (Å²) >= 11 is 0. The van der Waals surface area contributed by atoms with E-state index in [9.17, 15) is 5.26 Å². The van der Waals surface area contributed by atoms with Gasteiger partial charge in [0.2, 0.25) is 0 Å². The summed E-state index contributed by atoms with van der Waals surface area (Å²) in [7, 11) is 0. The van der Waals surface area contributed by atoms with Crippen LogP contribution in [-0.2, 0) is 6.54 Å². The lowest BCUT2D eigenvalue weighted by atomic mass is 10.2. The normalized spacial score (nSPS) is 15.5. The van der Waals surface area contributed by atoms with E-state index < -0.39 is 0 Å². The maximum Gasteiger partial charge on any atom is 0.101 e. The third kappa shape index (κ3) is 2.40. The van der Waals surface area contributed by atoms with Crippen molar-refractivity contribution >= 4 is 0 Å². The lowest BCUT2D eigenvalue weighted by Crippen LogP contribution is -2.20. The van der Waals surface area contributed by atoms with Crippen molar-refractivity contribution in [3.05, 3.63) is 53.9 Å². The monoisotopic (exact) mass is 251 g/mol. The molecular formula is C16H17N3. The van der Waals surface area contributed by atoms with Crippen molar-refractivity contribution in [1.29, 1.82) is 5.26 Å². The lowest BCUT2D eigenvalue weighted by molar-refractivity contribution is 0.325. The van der Waals surface area contributed by atoms with Gasteiger partial charge >= 0.3 is 0 Å². The molecule has 96 valence electrons. The molecule has 3 rings (SSSR count). The van der Waals surface area contributed by atoms with Crippen LogP contribution in [0.1, 0.15) is 24.1 Å². The van der Waals surface area contributed by atoms with E-state index in [2.05, 4.69) is 27.7 Å². The van der Waals surface area contributed by atoms with Gasteiger partial charge < -0.3 is 4.57 Å². The van der Waals surface area contributed by atoms with E-state index in [0.29, 0.717) is 0 Å². The van der Waals surface area contributed by atoms with E-state index in [1.54, 1.807) is 0 Å². The molecule has 1 saturated heterocycles. The highest BCUT2D eigenvalue weighted by molar-refractivity contribution is 5.49. The zero-order valence-corrected chi connectivity index (χ0v) is 10.9. The average molecular weight is 251 g/mol. The first kappa shape index (κ1) is 12.0. The Morgan fingerprint density at radius 3 is 2.63 bits per heavy atom. The highest BCUT2D eigenvalue weighted by atomic mass is 15.2. The lowest BCUT2D eigenvalue weighted by Gasteiger charge is -2.17. The standard InChI is InChI=1S/C16H17N3/c17-12-14-6-1-2-8-16(14)19-11-5-7-15(19)13-18-9-3-4-10-18/h1-2,5-8,11H,3-4,9-10,13H2. The Balaban J connectivity index is 1.93.